The molecule has 0 aliphatic heterocycles. The van der Waals surface area contributed by atoms with Gasteiger partial charge in [0.05, 0.1) is 13.2 Å². The zero-order valence-electron chi connectivity index (χ0n) is 10.2. The van der Waals surface area contributed by atoms with Gasteiger partial charge in [0.2, 0.25) is 0 Å². The van der Waals surface area contributed by atoms with E-state index in [1.54, 1.807) is 12.1 Å². The van der Waals surface area contributed by atoms with Gasteiger partial charge in [0, 0.05) is 6.92 Å². The lowest BCUT2D eigenvalue weighted by Gasteiger charge is -2.06. The van der Waals surface area contributed by atoms with Gasteiger partial charge in [-0.3, -0.25) is 4.79 Å². The first-order valence-corrected chi connectivity index (χ1v) is 5.69. The molecular formula is C13H16O5. The zero-order chi connectivity index (χ0) is 13.4. The summed E-state index contributed by atoms with van der Waals surface area (Å²) in [5, 5.41) is 9.42. The van der Waals surface area contributed by atoms with E-state index in [1.807, 2.05) is 0 Å². The molecule has 5 nitrogen and oxygen atoms in total. The fraction of sp³-hybridized carbons (Fsp3) is 0.385. The largest absolute Gasteiger partial charge is 0.507 e. The Hall–Kier alpha value is -2.04. The second-order valence-electron chi connectivity index (χ2n) is 3.70. The Bertz CT molecular complexity index is 414. The molecule has 0 aliphatic rings. The number of phenolic OH excluding ortho intramolecular Hbond substituents is 1. The van der Waals surface area contributed by atoms with Crippen LogP contribution in [0.25, 0.3) is 0 Å². The van der Waals surface area contributed by atoms with Crippen molar-refractivity contribution < 1.29 is 24.2 Å². The second kappa shape index (κ2) is 7.32. The van der Waals surface area contributed by atoms with Gasteiger partial charge in [0.1, 0.15) is 11.3 Å². The van der Waals surface area contributed by atoms with Crippen LogP contribution in [0.4, 0.5) is 0 Å². The van der Waals surface area contributed by atoms with Crippen molar-refractivity contribution >= 4 is 11.9 Å². The smallest absolute Gasteiger partial charge is 0.341 e. The normalized spacial score (nSPS) is 9.83. The molecule has 0 saturated heterocycles. The van der Waals surface area contributed by atoms with E-state index in [9.17, 15) is 14.7 Å². The summed E-state index contributed by atoms with van der Waals surface area (Å²) >= 11 is 0. The van der Waals surface area contributed by atoms with E-state index in [0.29, 0.717) is 19.4 Å². The number of ether oxygens (including phenoxy) is 2. The summed E-state index contributed by atoms with van der Waals surface area (Å²) in [5.74, 6) is -0.968. The Kier molecular flexibility index (Phi) is 5.70. The van der Waals surface area contributed by atoms with E-state index in [4.69, 9.17) is 9.47 Å². The minimum Gasteiger partial charge on any atom is -0.507 e. The number of unbranched alkanes of at least 4 members (excludes halogenated alkanes) is 1. The number of phenols is 1. The maximum Gasteiger partial charge on any atom is 0.341 e. The molecule has 1 rings (SSSR count). The van der Waals surface area contributed by atoms with Crippen molar-refractivity contribution in [1.29, 1.82) is 0 Å². The van der Waals surface area contributed by atoms with Gasteiger partial charge in [0.25, 0.3) is 0 Å². The van der Waals surface area contributed by atoms with Crippen LogP contribution in [-0.2, 0) is 14.3 Å². The molecule has 0 unspecified atom stereocenters. The van der Waals surface area contributed by atoms with E-state index < -0.39 is 5.97 Å². The van der Waals surface area contributed by atoms with Crippen molar-refractivity contribution in [3.05, 3.63) is 29.8 Å². The number of carbonyl (C=O) groups excluding carboxylic acids is 2. The number of hydrogen-bond donors (Lipinski definition) is 1. The van der Waals surface area contributed by atoms with E-state index in [2.05, 4.69) is 0 Å². The lowest BCUT2D eigenvalue weighted by Crippen LogP contribution is -2.08. The van der Waals surface area contributed by atoms with Gasteiger partial charge in [-0.1, -0.05) is 12.1 Å². The number of esters is 2. The van der Waals surface area contributed by atoms with Crippen molar-refractivity contribution in [2.45, 2.75) is 19.8 Å². The van der Waals surface area contributed by atoms with Gasteiger partial charge < -0.3 is 14.6 Å². The number of benzene rings is 1. The molecule has 0 fully saturated rings. The summed E-state index contributed by atoms with van der Waals surface area (Å²) in [6.07, 6.45) is 1.24. The van der Waals surface area contributed by atoms with Crippen LogP contribution in [0.15, 0.2) is 24.3 Å². The van der Waals surface area contributed by atoms with Crippen molar-refractivity contribution in [1.82, 2.24) is 0 Å². The van der Waals surface area contributed by atoms with Crippen LogP contribution in [-0.4, -0.2) is 30.3 Å². The first kappa shape index (κ1) is 14.0. The Morgan fingerprint density at radius 2 is 1.72 bits per heavy atom. The Morgan fingerprint density at radius 1 is 1.11 bits per heavy atom. The number of aromatic hydroxyl groups is 1. The fourth-order valence-electron chi connectivity index (χ4n) is 1.31. The summed E-state index contributed by atoms with van der Waals surface area (Å²) < 4.78 is 9.71. The summed E-state index contributed by atoms with van der Waals surface area (Å²) in [5.41, 5.74) is 0.150. The van der Waals surface area contributed by atoms with Gasteiger partial charge >= 0.3 is 11.9 Å². The Balaban J connectivity index is 2.22. The predicted octanol–water partition coefficient (Wildman–Crippen LogP) is 1.89. The molecule has 18 heavy (non-hydrogen) atoms. The Labute approximate surface area is 105 Å². The molecule has 1 aromatic carbocycles. The number of rotatable bonds is 6. The third kappa shape index (κ3) is 4.86. The average molecular weight is 252 g/mol. The van der Waals surface area contributed by atoms with Crippen LogP contribution < -0.4 is 0 Å². The predicted molar refractivity (Wildman–Crippen MR) is 64.3 cm³/mol. The maximum atomic E-state index is 11.5. The highest BCUT2D eigenvalue weighted by atomic mass is 16.5. The third-order valence-corrected chi connectivity index (χ3v) is 2.20. The number of para-hydroxylation sites is 1. The average Bonchev–Trinajstić information content (AvgIpc) is 2.33. The molecule has 0 heterocycles. The number of hydrogen-bond acceptors (Lipinski definition) is 5. The first-order chi connectivity index (χ1) is 8.61. The van der Waals surface area contributed by atoms with Crippen LogP contribution in [0, 0.1) is 0 Å². The fourth-order valence-corrected chi connectivity index (χ4v) is 1.31. The van der Waals surface area contributed by atoms with Gasteiger partial charge in [-0.15, -0.1) is 0 Å². The molecule has 0 spiro atoms. The summed E-state index contributed by atoms with van der Waals surface area (Å²) in [6, 6.07) is 6.20. The standard InChI is InChI=1S/C13H16O5/c1-10(14)17-8-4-5-9-18-13(16)11-6-2-3-7-12(11)15/h2-3,6-7,15H,4-5,8-9H2,1H3. The van der Waals surface area contributed by atoms with E-state index in [0.717, 1.165) is 0 Å². The van der Waals surface area contributed by atoms with E-state index >= 15 is 0 Å². The monoisotopic (exact) mass is 252 g/mol. The quantitative estimate of drug-likeness (QED) is 0.618. The molecule has 0 radical (unpaired) electrons. The molecule has 1 N–H and O–H groups in total. The lowest BCUT2D eigenvalue weighted by atomic mass is 10.2. The van der Waals surface area contributed by atoms with Crippen molar-refractivity contribution in [2.24, 2.45) is 0 Å². The van der Waals surface area contributed by atoms with Crippen molar-refractivity contribution in [2.75, 3.05) is 13.2 Å². The topological polar surface area (TPSA) is 72.8 Å². The number of carbonyl (C=O) groups is 2. The molecule has 0 amide bonds. The minimum absolute atomic E-state index is 0.0950. The molecule has 1 aromatic rings. The van der Waals surface area contributed by atoms with Crippen LogP contribution in [0.2, 0.25) is 0 Å². The third-order valence-electron chi connectivity index (χ3n) is 2.20. The molecule has 0 atom stereocenters. The minimum atomic E-state index is -0.555. The highest BCUT2D eigenvalue weighted by Crippen LogP contribution is 2.16. The summed E-state index contributed by atoms with van der Waals surface area (Å²) in [6.45, 7) is 1.90. The molecule has 0 aromatic heterocycles. The van der Waals surface area contributed by atoms with E-state index in [1.165, 1.54) is 19.1 Å². The second-order valence-corrected chi connectivity index (χ2v) is 3.70. The van der Waals surface area contributed by atoms with Crippen molar-refractivity contribution in [3.8, 4) is 5.75 Å². The van der Waals surface area contributed by atoms with Gasteiger partial charge in [-0.25, -0.2) is 4.79 Å². The summed E-state index contributed by atoms with van der Waals surface area (Å²) in [4.78, 5) is 22.0. The highest BCUT2D eigenvalue weighted by molar-refractivity contribution is 5.92. The zero-order valence-corrected chi connectivity index (χ0v) is 10.2. The highest BCUT2D eigenvalue weighted by Gasteiger charge is 2.10. The van der Waals surface area contributed by atoms with Crippen LogP contribution in [0.5, 0.6) is 5.75 Å². The molecule has 5 heteroatoms. The van der Waals surface area contributed by atoms with Gasteiger partial charge in [0.15, 0.2) is 0 Å². The first-order valence-electron chi connectivity index (χ1n) is 5.69. The maximum absolute atomic E-state index is 11.5. The lowest BCUT2D eigenvalue weighted by molar-refractivity contribution is -0.141. The summed E-state index contributed by atoms with van der Waals surface area (Å²) in [7, 11) is 0. The molecule has 0 bridgehead atoms. The molecular weight excluding hydrogens is 236 g/mol. The molecule has 98 valence electrons. The SMILES string of the molecule is CC(=O)OCCCCOC(=O)c1ccccc1O. The molecule has 0 aliphatic carbocycles. The van der Waals surface area contributed by atoms with Gasteiger partial charge in [-0.05, 0) is 25.0 Å². The van der Waals surface area contributed by atoms with E-state index in [-0.39, 0.29) is 23.9 Å². The van der Waals surface area contributed by atoms with Crippen LogP contribution >= 0.6 is 0 Å². The van der Waals surface area contributed by atoms with Crippen LogP contribution in [0.1, 0.15) is 30.1 Å². The Morgan fingerprint density at radius 3 is 2.33 bits per heavy atom. The van der Waals surface area contributed by atoms with Crippen LogP contribution in [0.3, 0.4) is 0 Å². The van der Waals surface area contributed by atoms with Crippen molar-refractivity contribution in [3.63, 3.8) is 0 Å². The van der Waals surface area contributed by atoms with Gasteiger partial charge in [-0.2, -0.15) is 0 Å². The molecule has 0 saturated carbocycles.